The number of hydrogen-bond donors (Lipinski definition) is 0. The standard InChI is InChI=1S/C17H21F3O2/c1-21-12-2-3-13-4-6-14(7-5-13)15-8-10-16(11-9-15)22-17(18,19)20/h2-3,8-11,13-14H,4-7,12H2,1H3/b3-2+. The SMILES string of the molecule is COC/C=C/C1CCC(c2ccc(OC(F)(F)F)cc2)CC1. The van der Waals surface area contributed by atoms with E-state index in [1.54, 1.807) is 19.2 Å². The number of ether oxygens (including phenoxy) is 2. The largest absolute Gasteiger partial charge is 0.573 e. The van der Waals surface area contributed by atoms with Crippen LogP contribution in [0.3, 0.4) is 0 Å². The van der Waals surface area contributed by atoms with E-state index in [1.807, 2.05) is 6.08 Å². The van der Waals surface area contributed by atoms with Gasteiger partial charge < -0.3 is 9.47 Å². The highest BCUT2D eigenvalue weighted by molar-refractivity contribution is 5.30. The Morgan fingerprint density at radius 3 is 2.27 bits per heavy atom. The van der Waals surface area contributed by atoms with Crippen LogP contribution in [0.15, 0.2) is 36.4 Å². The molecule has 0 bridgehead atoms. The van der Waals surface area contributed by atoms with Crippen molar-refractivity contribution in [3.8, 4) is 5.75 Å². The molecular weight excluding hydrogens is 293 g/mol. The molecule has 1 aliphatic rings. The summed E-state index contributed by atoms with van der Waals surface area (Å²) in [6.07, 6.45) is 3.95. The fourth-order valence-electron chi connectivity index (χ4n) is 2.93. The minimum Gasteiger partial charge on any atom is -0.406 e. The Balaban J connectivity index is 1.86. The molecular formula is C17H21F3O2. The monoisotopic (exact) mass is 314 g/mol. The van der Waals surface area contributed by atoms with Crippen molar-refractivity contribution in [3.05, 3.63) is 42.0 Å². The quantitative estimate of drug-likeness (QED) is 0.707. The van der Waals surface area contributed by atoms with Gasteiger partial charge in [0.05, 0.1) is 6.61 Å². The molecule has 0 unspecified atom stereocenters. The van der Waals surface area contributed by atoms with E-state index >= 15 is 0 Å². The molecule has 0 aliphatic heterocycles. The van der Waals surface area contributed by atoms with Gasteiger partial charge in [0, 0.05) is 7.11 Å². The molecule has 1 fully saturated rings. The molecule has 0 atom stereocenters. The van der Waals surface area contributed by atoms with Gasteiger partial charge in [-0.25, -0.2) is 0 Å². The Bertz CT molecular complexity index is 472. The molecule has 122 valence electrons. The van der Waals surface area contributed by atoms with Crippen LogP contribution in [0.2, 0.25) is 0 Å². The average Bonchev–Trinajstić information content (AvgIpc) is 2.48. The molecule has 0 spiro atoms. The first-order valence-corrected chi connectivity index (χ1v) is 7.49. The van der Waals surface area contributed by atoms with Gasteiger partial charge in [0.25, 0.3) is 0 Å². The van der Waals surface area contributed by atoms with Crippen LogP contribution in [0.25, 0.3) is 0 Å². The number of alkyl halides is 3. The van der Waals surface area contributed by atoms with E-state index < -0.39 is 6.36 Å². The first kappa shape index (κ1) is 16.9. The molecule has 0 heterocycles. The zero-order valence-corrected chi connectivity index (χ0v) is 12.6. The lowest BCUT2D eigenvalue weighted by Gasteiger charge is -2.27. The minimum atomic E-state index is -4.63. The van der Waals surface area contributed by atoms with Crippen LogP contribution in [0.5, 0.6) is 5.75 Å². The zero-order chi connectivity index (χ0) is 16.0. The molecule has 22 heavy (non-hydrogen) atoms. The number of rotatable bonds is 5. The Labute approximate surface area is 128 Å². The van der Waals surface area contributed by atoms with Crippen molar-refractivity contribution >= 4 is 0 Å². The molecule has 0 N–H and O–H groups in total. The topological polar surface area (TPSA) is 18.5 Å². The lowest BCUT2D eigenvalue weighted by molar-refractivity contribution is -0.274. The average molecular weight is 314 g/mol. The molecule has 1 saturated carbocycles. The molecule has 5 heteroatoms. The lowest BCUT2D eigenvalue weighted by Crippen LogP contribution is -2.17. The van der Waals surface area contributed by atoms with Crippen LogP contribution in [0.4, 0.5) is 13.2 Å². The number of methoxy groups -OCH3 is 1. The van der Waals surface area contributed by atoms with Gasteiger partial charge in [0.1, 0.15) is 5.75 Å². The number of halogens is 3. The number of allylic oxidation sites excluding steroid dienone is 1. The molecule has 0 radical (unpaired) electrons. The first-order valence-electron chi connectivity index (χ1n) is 7.49. The van der Waals surface area contributed by atoms with E-state index in [9.17, 15) is 13.2 Å². The Kier molecular flexibility index (Phi) is 5.89. The third-order valence-electron chi connectivity index (χ3n) is 4.03. The summed E-state index contributed by atoms with van der Waals surface area (Å²) in [5, 5.41) is 0. The molecule has 0 amide bonds. The Hall–Kier alpha value is -1.49. The van der Waals surface area contributed by atoms with E-state index in [0.717, 1.165) is 31.2 Å². The second-order valence-corrected chi connectivity index (χ2v) is 5.61. The van der Waals surface area contributed by atoms with E-state index in [1.165, 1.54) is 12.1 Å². The summed E-state index contributed by atoms with van der Waals surface area (Å²) in [6.45, 7) is 0.639. The molecule has 0 aromatic heterocycles. The van der Waals surface area contributed by atoms with Gasteiger partial charge in [-0.1, -0.05) is 24.3 Å². The molecule has 1 aromatic rings. The predicted octanol–water partition coefficient (Wildman–Crippen LogP) is 5.06. The van der Waals surface area contributed by atoms with Crippen molar-refractivity contribution < 1.29 is 22.6 Å². The van der Waals surface area contributed by atoms with Gasteiger partial charge in [-0.2, -0.15) is 0 Å². The zero-order valence-electron chi connectivity index (χ0n) is 12.6. The molecule has 2 nitrogen and oxygen atoms in total. The highest BCUT2D eigenvalue weighted by atomic mass is 19.4. The second kappa shape index (κ2) is 7.68. The number of hydrogen-bond acceptors (Lipinski definition) is 2. The summed E-state index contributed by atoms with van der Waals surface area (Å²) < 4.78 is 45.3. The van der Waals surface area contributed by atoms with Gasteiger partial charge in [-0.05, 0) is 55.2 Å². The van der Waals surface area contributed by atoms with Gasteiger partial charge >= 0.3 is 6.36 Å². The summed E-state index contributed by atoms with van der Waals surface area (Å²) in [5.74, 6) is 0.846. The van der Waals surface area contributed by atoms with E-state index in [2.05, 4.69) is 10.8 Å². The summed E-state index contributed by atoms with van der Waals surface area (Å²) in [4.78, 5) is 0. The van der Waals surface area contributed by atoms with Crippen LogP contribution in [0.1, 0.15) is 37.2 Å². The summed E-state index contributed by atoms with van der Waals surface area (Å²) in [6, 6.07) is 6.28. The Morgan fingerprint density at radius 1 is 1.09 bits per heavy atom. The van der Waals surface area contributed by atoms with Crippen molar-refractivity contribution in [3.63, 3.8) is 0 Å². The van der Waals surface area contributed by atoms with Crippen molar-refractivity contribution in [1.82, 2.24) is 0 Å². The van der Waals surface area contributed by atoms with E-state index in [0.29, 0.717) is 18.4 Å². The maximum atomic E-state index is 12.1. The first-order chi connectivity index (χ1) is 10.5. The summed E-state index contributed by atoms with van der Waals surface area (Å²) in [5.41, 5.74) is 1.09. The smallest absolute Gasteiger partial charge is 0.406 e. The highest BCUT2D eigenvalue weighted by Crippen LogP contribution is 2.37. The van der Waals surface area contributed by atoms with Gasteiger partial charge in [0.15, 0.2) is 0 Å². The highest BCUT2D eigenvalue weighted by Gasteiger charge is 2.31. The van der Waals surface area contributed by atoms with Crippen LogP contribution < -0.4 is 4.74 Å². The van der Waals surface area contributed by atoms with Gasteiger partial charge in [-0.3, -0.25) is 0 Å². The van der Waals surface area contributed by atoms with Crippen LogP contribution in [-0.2, 0) is 4.74 Å². The molecule has 1 aromatic carbocycles. The van der Waals surface area contributed by atoms with Crippen LogP contribution in [-0.4, -0.2) is 20.1 Å². The molecule has 0 saturated heterocycles. The van der Waals surface area contributed by atoms with Crippen molar-refractivity contribution in [2.45, 2.75) is 38.0 Å². The normalized spacial score (nSPS) is 22.9. The second-order valence-electron chi connectivity index (χ2n) is 5.61. The minimum absolute atomic E-state index is 0.160. The Morgan fingerprint density at radius 2 is 1.73 bits per heavy atom. The number of benzene rings is 1. The molecule has 2 rings (SSSR count). The lowest BCUT2D eigenvalue weighted by atomic mass is 9.78. The van der Waals surface area contributed by atoms with Gasteiger partial charge in [0.2, 0.25) is 0 Å². The maximum absolute atomic E-state index is 12.1. The fraction of sp³-hybridized carbons (Fsp3) is 0.529. The maximum Gasteiger partial charge on any atom is 0.573 e. The van der Waals surface area contributed by atoms with Crippen molar-refractivity contribution in [2.24, 2.45) is 5.92 Å². The van der Waals surface area contributed by atoms with Crippen LogP contribution >= 0.6 is 0 Å². The van der Waals surface area contributed by atoms with Gasteiger partial charge in [-0.15, -0.1) is 13.2 Å². The van der Waals surface area contributed by atoms with Crippen LogP contribution in [0, 0.1) is 5.92 Å². The van der Waals surface area contributed by atoms with E-state index in [4.69, 9.17) is 4.74 Å². The molecule has 1 aliphatic carbocycles. The third-order valence-corrected chi connectivity index (χ3v) is 4.03. The van der Waals surface area contributed by atoms with Crippen molar-refractivity contribution in [2.75, 3.05) is 13.7 Å². The summed E-state index contributed by atoms with van der Waals surface area (Å²) >= 11 is 0. The van der Waals surface area contributed by atoms with Crippen molar-refractivity contribution in [1.29, 1.82) is 0 Å². The summed E-state index contributed by atoms with van der Waals surface area (Å²) in [7, 11) is 1.67. The fourth-order valence-corrected chi connectivity index (χ4v) is 2.93. The van der Waals surface area contributed by atoms with E-state index in [-0.39, 0.29) is 5.75 Å². The predicted molar refractivity (Wildman–Crippen MR) is 78.8 cm³/mol. The third kappa shape index (κ3) is 5.37.